The lowest BCUT2D eigenvalue weighted by atomic mass is 9.98. The van der Waals surface area contributed by atoms with E-state index in [0.717, 1.165) is 46.3 Å². The fourth-order valence-electron chi connectivity index (χ4n) is 3.43. The minimum absolute atomic E-state index is 0.0174. The summed E-state index contributed by atoms with van der Waals surface area (Å²) in [6.07, 6.45) is 5.12. The molecule has 1 atom stereocenters. The van der Waals surface area contributed by atoms with Gasteiger partial charge in [0.05, 0.1) is 34.3 Å². The number of carbonyl (C=O) groups is 1. The second-order valence-corrected chi connectivity index (χ2v) is 10.5. The van der Waals surface area contributed by atoms with Gasteiger partial charge in [0.25, 0.3) is 0 Å². The summed E-state index contributed by atoms with van der Waals surface area (Å²) in [6, 6.07) is 0. The van der Waals surface area contributed by atoms with Gasteiger partial charge in [0.1, 0.15) is 5.03 Å². The number of thioether (sulfide) groups is 2. The van der Waals surface area contributed by atoms with Crippen molar-refractivity contribution in [3.63, 3.8) is 0 Å². The first-order valence-electron chi connectivity index (χ1n) is 9.46. The largest absolute Gasteiger partial charge is 0.376 e. The average molecular weight is 440 g/mol. The van der Waals surface area contributed by atoms with Gasteiger partial charge in [0, 0.05) is 30.0 Å². The number of amides is 1. The Morgan fingerprint density at radius 1 is 1.39 bits per heavy atom. The first-order chi connectivity index (χ1) is 13.4. The van der Waals surface area contributed by atoms with E-state index in [2.05, 4.69) is 24.1 Å². The molecule has 28 heavy (non-hydrogen) atoms. The fourth-order valence-corrected chi connectivity index (χ4v) is 6.24. The predicted octanol–water partition coefficient (Wildman–Crippen LogP) is 3.65. The lowest BCUT2D eigenvalue weighted by molar-refractivity contribution is -0.119. The summed E-state index contributed by atoms with van der Waals surface area (Å²) in [5.74, 6) is 0.362. The van der Waals surface area contributed by atoms with E-state index in [1.54, 1.807) is 11.3 Å². The molecule has 0 aromatic carbocycles. The maximum absolute atomic E-state index is 12.3. The van der Waals surface area contributed by atoms with Crippen LogP contribution in [0.3, 0.4) is 0 Å². The van der Waals surface area contributed by atoms with Crippen molar-refractivity contribution in [2.75, 3.05) is 25.2 Å². The molecular formula is C19H25N3O3S3. The van der Waals surface area contributed by atoms with Gasteiger partial charge in [-0.1, -0.05) is 23.5 Å². The van der Waals surface area contributed by atoms with Crippen LogP contribution < -0.4 is 5.32 Å². The molecule has 0 aliphatic carbocycles. The molecule has 9 heteroatoms. The molecule has 0 saturated carbocycles. The van der Waals surface area contributed by atoms with E-state index in [1.807, 2.05) is 6.26 Å². The Morgan fingerprint density at radius 2 is 2.25 bits per heavy atom. The number of carbonyl (C=O) groups excluding carboxylic acids is 1. The molecule has 1 amide bonds. The molecule has 4 rings (SSSR count). The standard InChI is InChI=1S/C19H25N3O3S3/c1-19(2)7-13-12(9-25-19)15-16(28-13)17(22-18(21-15)26-3)27-10-14(23)20-8-11-5-4-6-24-11/h11H,4-10H2,1-3H3,(H,20,23)/t11-/m0/s1. The third kappa shape index (κ3) is 4.48. The van der Waals surface area contributed by atoms with E-state index in [0.29, 0.717) is 18.9 Å². The molecule has 0 radical (unpaired) electrons. The van der Waals surface area contributed by atoms with Crippen LogP contribution in [0.2, 0.25) is 0 Å². The molecule has 4 heterocycles. The number of ether oxygens (including phenoxy) is 2. The van der Waals surface area contributed by atoms with Gasteiger partial charge < -0.3 is 14.8 Å². The van der Waals surface area contributed by atoms with Crippen LogP contribution in [0, 0.1) is 0 Å². The molecule has 2 aromatic rings. The Labute approximate surface area is 177 Å². The van der Waals surface area contributed by atoms with Gasteiger partial charge in [0.2, 0.25) is 5.91 Å². The lowest BCUT2D eigenvalue weighted by Gasteiger charge is -2.29. The summed E-state index contributed by atoms with van der Waals surface area (Å²) < 4.78 is 12.6. The SMILES string of the molecule is CSc1nc(SCC(=O)NC[C@@H]2CCCO2)c2sc3c(c2n1)COC(C)(C)C3. The van der Waals surface area contributed by atoms with Gasteiger partial charge in [-0.3, -0.25) is 4.79 Å². The second kappa shape index (κ2) is 8.47. The molecule has 1 N–H and O–H groups in total. The monoisotopic (exact) mass is 439 g/mol. The van der Waals surface area contributed by atoms with Crippen molar-refractivity contribution in [3.05, 3.63) is 10.4 Å². The number of hydrogen-bond acceptors (Lipinski definition) is 8. The highest BCUT2D eigenvalue weighted by atomic mass is 32.2. The van der Waals surface area contributed by atoms with Crippen molar-refractivity contribution in [1.82, 2.24) is 15.3 Å². The highest BCUT2D eigenvalue weighted by Crippen LogP contribution is 2.41. The van der Waals surface area contributed by atoms with Gasteiger partial charge in [-0.15, -0.1) is 11.3 Å². The van der Waals surface area contributed by atoms with Crippen LogP contribution in [0.4, 0.5) is 0 Å². The third-order valence-electron chi connectivity index (χ3n) is 4.93. The molecule has 2 aliphatic heterocycles. The van der Waals surface area contributed by atoms with Gasteiger partial charge >= 0.3 is 0 Å². The molecule has 0 spiro atoms. The zero-order valence-electron chi connectivity index (χ0n) is 16.4. The van der Waals surface area contributed by atoms with E-state index in [1.165, 1.54) is 34.0 Å². The number of nitrogens with one attached hydrogen (secondary N) is 1. The van der Waals surface area contributed by atoms with Gasteiger partial charge in [0.15, 0.2) is 5.16 Å². The molecule has 1 fully saturated rings. The molecular weight excluding hydrogens is 414 g/mol. The second-order valence-electron chi connectivity index (χ2n) is 7.65. The Bertz CT molecular complexity index is 878. The summed E-state index contributed by atoms with van der Waals surface area (Å²) in [4.78, 5) is 23.0. The van der Waals surface area contributed by atoms with Crippen LogP contribution in [0.15, 0.2) is 10.2 Å². The smallest absolute Gasteiger partial charge is 0.230 e. The van der Waals surface area contributed by atoms with Gasteiger partial charge in [-0.25, -0.2) is 9.97 Å². The van der Waals surface area contributed by atoms with Crippen LogP contribution in [0.1, 0.15) is 37.1 Å². The molecule has 2 aliphatic rings. The van der Waals surface area contributed by atoms with Crippen LogP contribution in [0.5, 0.6) is 0 Å². The summed E-state index contributed by atoms with van der Waals surface area (Å²) in [5.41, 5.74) is 2.01. The number of rotatable bonds is 6. The molecule has 0 unspecified atom stereocenters. The van der Waals surface area contributed by atoms with Crippen molar-refractivity contribution in [2.45, 2.75) is 61.6 Å². The Hall–Kier alpha value is -0.870. The minimum Gasteiger partial charge on any atom is -0.376 e. The van der Waals surface area contributed by atoms with Crippen LogP contribution in [-0.2, 0) is 27.3 Å². The van der Waals surface area contributed by atoms with E-state index >= 15 is 0 Å². The van der Waals surface area contributed by atoms with Crippen LogP contribution >= 0.6 is 34.9 Å². The summed E-state index contributed by atoms with van der Waals surface area (Å²) >= 11 is 4.76. The molecule has 152 valence electrons. The van der Waals surface area contributed by atoms with Gasteiger partial charge in [-0.05, 0) is 32.9 Å². The summed E-state index contributed by atoms with van der Waals surface area (Å²) in [6.45, 7) is 6.21. The van der Waals surface area contributed by atoms with Crippen molar-refractivity contribution >= 4 is 51.0 Å². The Morgan fingerprint density at radius 3 is 3.00 bits per heavy atom. The highest BCUT2D eigenvalue weighted by molar-refractivity contribution is 8.00. The van der Waals surface area contributed by atoms with E-state index in [9.17, 15) is 4.79 Å². The molecule has 0 bridgehead atoms. The topological polar surface area (TPSA) is 73.3 Å². The fraction of sp³-hybridized carbons (Fsp3) is 0.632. The number of fused-ring (bicyclic) bond motifs is 3. The number of hydrogen-bond donors (Lipinski definition) is 1. The quantitative estimate of drug-likeness (QED) is 0.418. The maximum Gasteiger partial charge on any atom is 0.230 e. The van der Waals surface area contributed by atoms with Gasteiger partial charge in [-0.2, -0.15) is 0 Å². The Balaban J connectivity index is 1.51. The number of thiophene rings is 1. The maximum atomic E-state index is 12.3. The zero-order valence-corrected chi connectivity index (χ0v) is 18.8. The summed E-state index contributed by atoms with van der Waals surface area (Å²) in [5, 5.41) is 4.61. The Kier molecular flexibility index (Phi) is 6.17. The minimum atomic E-state index is -0.154. The van der Waals surface area contributed by atoms with E-state index in [-0.39, 0.29) is 17.6 Å². The van der Waals surface area contributed by atoms with Crippen molar-refractivity contribution in [1.29, 1.82) is 0 Å². The lowest BCUT2D eigenvalue weighted by Crippen LogP contribution is -2.32. The zero-order chi connectivity index (χ0) is 19.7. The molecule has 2 aromatic heterocycles. The first kappa shape index (κ1) is 20.4. The number of nitrogens with zero attached hydrogens (tertiary/aromatic N) is 2. The third-order valence-corrected chi connectivity index (χ3v) is 7.81. The summed E-state index contributed by atoms with van der Waals surface area (Å²) in [7, 11) is 0. The van der Waals surface area contributed by atoms with Crippen molar-refractivity contribution in [3.8, 4) is 0 Å². The van der Waals surface area contributed by atoms with Crippen molar-refractivity contribution < 1.29 is 14.3 Å². The average Bonchev–Trinajstić information content (AvgIpc) is 3.30. The van der Waals surface area contributed by atoms with Crippen LogP contribution in [-0.4, -0.2) is 52.7 Å². The number of aromatic nitrogens is 2. The molecule has 1 saturated heterocycles. The van der Waals surface area contributed by atoms with E-state index < -0.39 is 0 Å². The normalized spacial score (nSPS) is 21.0. The van der Waals surface area contributed by atoms with E-state index in [4.69, 9.17) is 14.5 Å². The predicted molar refractivity (Wildman–Crippen MR) is 114 cm³/mol. The first-order valence-corrected chi connectivity index (χ1v) is 12.5. The van der Waals surface area contributed by atoms with Crippen LogP contribution in [0.25, 0.3) is 10.2 Å². The van der Waals surface area contributed by atoms with Crippen molar-refractivity contribution in [2.24, 2.45) is 0 Å². The molecule has 6 nitrogen and oxygen atoms in total. The highest BCUT2D eigenvalue weighted by Gasteiger charge is 2.30.